The van der Waals surface area contributed by atoms with Gasteiger partial charge in [0.15, 0.2) is 0 Å². The van der Waals surface area contributed by atoms with Gasteiger partial charge in [-0.05, 0) is 42.5 Å². The zero-order valence-electron chi connectivity index (χ0n) is 15.8. The van der Waals surface area contributed by atoms with E-state index in [-0.39, 0.29) is 16.6 Å². The quantitative estimate of drug-likeness (QED) is 0.614. The molecule has 0 bridgehead atoms. The molecule has 150 valence electrons. The molecule has 28 heavy (non-hydrogen) atoms. The molecule has 1 fully saturated rings. The number of carbonyl (C=O) groups is 1. The van der Waals surface area contributed by atoms with E-state index in [9.17, 15) is 13.2 Å². The van der Waals surface area contributed by atoms with E-state index < -0.39 is 10.0 Å². The van der Waals surface area contributed by atoms with E-state index in [0.29, 0.717) is 31.7 Å². The maximum Gasteiger partial charge on any atom is 0.254 e. The van der Waals surface area contributed by atoms with Crippen LogP contribution in [0.25, 0.3) is 0 Å². The first-order chi connectivity index (χ1) is 13.5. The van der Waals surface area contributed by atoms with Crippen LogP contribution in [-0.4, -0.2) is 50.3 Å². The average molecular weight is 421 g/mol. The van der Waals surface area contributed by atoms with E-state index >= 15 is 0 Å². The minimum atomic E-state index is -3.71. The molecule has 1 aliphatic heterocycles. The van der Waals surface area contributed by atoms with Gasteiger partial charge in [-0.1, -0.05) is 12.1 Å². The Balaban J connectivity index is 1.94. The number of hydrogen-bond donors (Lipinski definition) is 0. The number of benzene rings is 1. The fraction of sp³-hybridized carbons (Fsp3) is 0.350. The number of amides is 1. The van der Waals surface area contributed by atoms with Crippen molar-refractivity contribution in [3.63, 3.8) is 0 Å². The first kappa shape index (κ1) is 20.6. The van der Waals surface area contributed by atoms with Gasteiger partial charge in [0.05, 0.1) is 13.7 Å². The first-order valence-electron chi connectivity index (χ1n) is 9.08. The Morgan fingerprint density at radius 3 is 2.68 bits per heavy atom. The van der Waals surface area contributed by atoms with Crippen LogP contribution in [0.1, 0.15) is 28.1 Å². The Hall–Kier alpha value is -2.16. The highest BCUT2D eigenvalue weighted by Gasteiger charge is 2.31. The number of ether oxygens (including phenoxy) is 1. The molecule has 1 amide bonds. The molecule has 1 aromatic carbocycles. The van der Waals surface area contributed by atoms with Gasteiger partial charge in [-0.2, -0.15) is 4.31 Å². The average Bonchev–Trinajstić information content (AvgIpc) is 3.41. The Bertz CT molecular complexity index is 933. The standard InChI is InChI=1S/C20H24N2O4S2/c1-3-10-21(15-17-7-6-13-27-17)20(23)16-8-9-18(26-2)19(14-16)28(24,25)22-11-4-5-12-22/h3,6-9,13-14H,1,4-5,10-12,15H2,2H3. The summed E-state index contributed by atoms with van der Waals surface area (Å²) in [4.78, 5) is 15.8. The van der Waals surface area contributed by atoms with Crippen LogP contribution in [0.4, 0.5) is 0 Å². The number of carbonyl (C=O) groups excluding carboxylic acids is 1. The second-order valence-electron chi connectivity index (χ2n) is 6.53. The van der Waals surface area contributed by atoms with Crippen molar-refractivity contribution in [3.05, 3.63) is 58.8 Å². The molecule has 0 aliphatic carbocycles. The van der Waals surface area contributed by atoms with Crippen LogP contribution in [0.15, 0.2) is 53.3 Å². The number of rotatable bonds is 8. The summed E-state index contributed by atoms with van der Waals surface area (Å²) < 4.78 is 32.8. The highest BCUT2D eigenvalue weighted by atomic mass is 32.2. The number of methoxy groups -OCH3 is 1. The molecule has 1 aliphatic rings. The fourth-order valence-electron chi connectivity index (χ4n) is 3.23. The van der Waals surface area contributed by atoms with Crippen LogP contribution in [0.5, 0.6) is 5.75 Å². The van der Waals surface area contributed by atoms with Gasteiger partial charge >= 0.3 is 0 Å². The maximum absolute atomic E-state index is 13.1. The van der Waals surface area contributed by atoms with Gasteiger partial charge in [0.2, 0.25) is 10.0 Å². The van der Waals surface area contributed by atoms with Gasteiger partial charge in [-0.25, -0.2) is 8.42 Å². The van der Waals surface area contributed by atoms with Crippen LogP contribution in [0.2, 0.25) is 0 Å². The van der Waals surface area contributed by atoms with Crippen molar-refractivity contribution in [3.8, 4) is 5.75 Å². The lowest BCUT2D eigenvalue weighted by molar-refractivity contribution is 0.0764. The molecule has 0 saturated carbocycles. The molecule has 6 nitrogen and oxygen atoms in total. The summed E-state index contributed by atoms with van der Waals surface area (Å²) in [6.45, 7) is 5.53. The van der Waals surface area contributed by atoms with Gasteiger partial charge < -0.3 is 9.64 Å². The number of sulfonamides is 1. The lowest BCUT2D eigenvalue weighted by atomic mass is 10.2. The van der Waals surface area contributed by atoms with Crippen molar-refractivity contribution in [2.45, 2.75) is 24.3 Å². The van der Waals surface area contributed by atoms with E-state index in [2.05, 4.69) is 6.58 Å². The normalized spacial score (nSPS) is 14.8. The lowest BCUT2D eigenvalue weighted by Gasteiger charge is -2.22. The van der Waals surface area contributed by atoms with Crippen LogP contribution in [-0.2, 0) is 16.6 Å². The second kappa shape index (κ2) is 8.89. The molecule has 0 unspecified atom stereocenters. The van der Waals surface area contributed by atoms with Gasteiger partial charge in [0.25, 0.3) is 5.91 Å². The molecule has 1 saturated heterocycles. The molecule has 0 spiro atoms. The minimum absolute atomic E-state index is 0.0393. The molecule has 0 atom stereocenters. The summed E-state index contributed by atoms with van der Waals surface area (Å²) in [5.41, 5.74) is 0.317. The SMILES string of the molecule is C=CCN(Cc1cccs1)C(=O)c1ccc(OC)c(S(=O)(=O)N2CCCC2)c1. The van der Waals surface area contributed by atoms with Crippen molar-refractivity contribution >= 4 is 27.3 Å². The summed E-state index contributed by atoms with van der Waals surface area (Å²) >= 11 is 1.57. The van der Waals surface area contributed by atoms with Crippen molar-refractivity contribution in [2.75, 3.05) is 26.7 Å². The second-order valence-corrected chi connectivity index (χ2v) is 9.47. The molecule has 3 rings (SSSR count). The number of nitrogens with zero attached hydrogens (tertiary/aromatic N) is 2. The zero-order chi connectivity index (χ0) is 20.1. The molecule has 8 heteroatoms. The Kier molecular flexibility index (Phi) is 6.53. The smallest absolute Gasteiger partial charge is 0.254 e. The maximum atomic E-state index is 13.1. The van der Waals surface area contributed by atoms with Crippen molar-refractivity contribution in [1.82, 2.24) is 9.21 Å². The number of hydrogen-bond acceptors (Lipinski definition) is 5. The van der Waals surface area contributed by atoms with Crippen molar-refractivity contribution < 1.29 is 17.9 Å². The van der Waals surface area contributed by atoms with E-state index in [1.807, 2.05) is 17.5 Å². The Morgan fingerprint density at radius 1 is 1.32 bits per heavy atom. The van der Waals surface area contributed by atoms with Gasteiger partial charge in [0, 0.05) is 30.1 Å². The van der Waals surface area contributed by atoms with Crippen molar-refractivity contribution in [1.29, 1.82) is 0 Å². The fourth-order valence-corrected chi connectivity index (χ4v) is 5.65. The summed E-state index contributed by atoms with van der Waals surface area (Å²) in [6.07, 6.45) is 3.35. The Morgan fingerprint density at radius 2 is 2.07 bits per heavy atom. The third-order valence-corrected chi connectivity index (χ3v) is 7.44. The third kappa shape index (κ3) is 4.29. The zero-order valence-corrected chi connectivity index (χ0v) is 17.5. The minimum Gasteiger partial charge on any atom is -0.495 e. The van der Waals surface area contributed by atoms with Gasteiger partial charge in [0.1, 0.15) is 10.6 Å². The summed E-state index contributed by atoms with van der Waals surface area (Å²) in [6, 6.07) is 8.48. The monoisotopic (exact) mass is 420 g/mol. The molecule has 1 aromatic heterocycles. The molecular formula is C20H24N2O4S2. The van der Waals surface area contributed by atoms with Crippen LogP contribution < -0.4 is 4.74 Å². The highest BCUT2D eigenvalue weighted by Crippen LogP contribution is 2.30. The van der Waals surface area contributed by atoms with E-state index in [0.717, 1.165) is 17.7 Å². The molecule has 0 radical (unpaired) electrons. The van der Waals surface area contributed by atoms with E-state index in [1.165, 1.54) is 17.5 Å². The molecule has 0 N–H and O–H groups in total. The van der Waals surface area contributed by atoms with Crippen LogP contribution in [0.3, 0.4) is 0 Å². The predicted molar refractivity (Wildman–Crippen MR) is 110 cm³/mol. The molecular weight excluding hydrogens is 396 g/mol. The molecule has 2 aromatic rings. The summed E-state index contributed by atoms with van der Waals surface area (Å²) in [7, 11) is -2.27. The first-order valence-corrected chi connectivity index (χ1v) is 11.4. The van der Waals surface area contributed by atoms with Gasteiger partial charge in [-0.3, -0.25) is 4.79 Å². The third-order valence-electron chi connectivity index (χ3n) is 4.66. The summed E-state index contributed by atoms with van der Waals surface area (Å²) in [5, 5.41) is 1.96. The van der Waals surface area contributed by atoms with Crippen LogP contribution >= 0.6 is 11.3 Å². The Labute approximate surface area is 170 Å². The van der Waals surface area contributed by atoms with E-state index in [1.54, 1.807) is 34.4 Å². The summed E-state index contributed by atoms with van der Waals surface area (Å²) in [5.74, 6) is 0.00537. The topological polar surface area (TPSA) is 66.9 Å². The largest absolute Gasteiger partial charge is 0.495 e. The van der Waals surface area contributed by atoms with Gasteiger partial charge in [-0.15, -0.1) is 17.9 Å². The van der Waals surface area contributed by atoms with E-state index in [4.69, 9.17) is 4.74 Å². The predicted octanol–water partition coefficient (Wildman–Crippen LogP) is 3.37. The lowest BCUT2D eigenvalue weighted by Crippen LogP contribution is -2.31. The molecule has 2 heterocycles. The van der Waals surface area contributed by atoms with Crippen molar-refractivity contribution in [2.24, 2.45) is 0 Å². The highest BCUT2D eigenvalue weighted by molar-refractivity contribution is 7.89. The number of thiophene rings is 1. The van der Waals surface area contributed by atoms with Crippen LogP contribution in [0, 0.1) is 0 Å².